The maximum Gasteiger partial charge on any atom is 0.225 e. The Hall–Kier alpha value is -2.10. The SMILES string of the molecule is CN=Cc1ncn(-c2ccccc2)c1O. The average molecular weight is 201 g/mol. The molecular formula is C11H11N3O. The van der Waals surface area contributed by atoms with E-state index in [0.717, 1.165) is 5.69 Å². The number of nitrogens with zero attached hydrogens (tertiary/aromatic N) is 3. The maximum absolute atomic E-state index is 9.82. The molecular weight excluding hydrogens is 190 g/mol. The van der Waals surface area contributed by atoms with Crippen LogP contribution in [0.15, 0.2) is 41.7 Å². The summed E-state index contributed by atoms with van der Waals surface area (Å²) in [7, 11) is 1.64. The van der Waals surface area contributed by atoms with Gasteiger partial charge in [-0.15, -0.1) is 0 Å². The molecule has 4 nitrogen and oxygen atoms in total. The molecule has 0 aliphatic heterocycles. The van der Waals surface area contributed by atoms with Crippen LogP contribution in [0.3, 0.4) is 0 Å². The summed E-state index contributed by atoms with van der Waals surface area (Å²) in [6.45, 7) is 0. The van der Waals surface area contributed by atoms with Crippen LogP contribution in [0.1, 0.15) is 5.69 Å². The van der Waals surface area contributed by atoms with Crippen LogP contribution in [0.25, 0.3) is 5.69 Å². The van der Waals surface area contributed by atoms with E-state index < -0.39 is 0 Å². The molecule has 0 radical (unpaired) electrons. The predicted octanol–water partition coefficient (Wildman–Crippen LogP) is 1.63. The van der Waals surface area contributed by atoms with Crippen LogP contribution in [-0.2, 0) is 0 Å². The lowest BCUT2D eigenvalue weighted by Crippen LogP contribution is -1.90. The number of aliphatic imine (C=N–C) groups is 1. The Morgan fingerprint density at radius 3 is 2.73 bits per heavy atom. The highest BCUT2D eigenvalue weighted by Crippen LogP contribution is 2.19. The summed E-state index contributed by atoms with van der Waals surface area (Å²) < 4.78 is 1.61. The van der Waals surface area contributed by atoms with Gasteiger partial charge in [-0.3, -0.25) is 9.56 Å². The molecule has 0 atom stereocenters. The molecule has 0 fully saturated rings. The molecule has 2 rings (SSSR count). The Balaban J connectivity index is 2.47. The average Bonchev–Trinajstić information content (AvgIpc) is 2.63. The number of benzene rings is 1. The third-order valence-corrected chi connectivity index (χ3v) is 2.06. The van der Waals surface area contributed by atoms with E-state index in [-0.39, 0.29) is 5.88 Å². The molecule has 0 saturated heterocycles. The van der Waals surface area contributed by atoms with Gasteiger partial charge < -0.3 is 5.11 Å². The highest BCUT2D eigenvalue weighted by molar-refractivity contribution is 5.80. The van der Waals surface area contributed by atoms with Crippen molar-refractivity contribution in [3.05, 3.63) is 42.4 Å². The molecule has 2 aromatic rings. The van der Waals surface area contributed by atoms with E-state index in [4.69, 9.17) is 0 Å². The first-order chi connectivity index (χ1) is 7.33. The number of hydrogen-bond acceptors (Lipinski definition) is 3. The molecule has 0 aliphatic carbocycles. The second-order valence-corrected chi connectivity index (χ2v) is 3.05. The molecule has 0 spiro atoms. The van der Waals surface area contributed by atoms with E-state index in [9.17, 15) is 5.11 Å². The summed E-state index contributed by atoms with van der Waals surface area (Å²) >= 11 is 0. The molecule has 76 valence electrons. The van der Waals surface area contributed by atoms with Crippen LogP contribution in [0.4, 0.5) is 0 Å². The van der Waals surface area contributed by atoms with Crippen molar-refractivity contribution in [2.75, 3.05) is 7.05 Å². The van der Waals surface area contributed by atoms with Gasteiger partial charge in [-0.1, -0.05) is 18.2 Å². The number of aromatic hydroxyl groups is 1. The molecule has 0 saturated carbocycles. The zero-order chi connectivity index (χ0) is 10.7. The van der Waals surface area contributed by atoms with Crippen molar-refractivity contribution in [1.82, 2.24) is 9.55 Å². The van der Waals surface area contributed by atoms with E-state index in [1.807, 2.05) is 30.3 Å². The normalized spacial score (nSPS) is 11.0. The minimum atomic E-state index is 0.104. The van der Waals surface area contributed by atoms with Crippen LogP contribution in [0, 0.1) is 0 Å². The van der Waals surface area contributed by atoms with Crippen LogP contribution >= 0.6 is 0 Å². The Morgan fingerprint density at radius 2 is 2.07 bits per heavy atom. The van der Waals surface area contributed by atoms with E-state index in [2.05, 4.69) is 9.98 Å². The number of rotatable bonds is 2. The summed E-state index contributed by atoms with van der Waals surface area (Å²) in [5.74, 6) is 0.104. The van der Waals surface area contributed by atoms with Gasteiger partial charge in [-0.2, -0.15) is 0 Å². The second kappa shape index (κ2) is 3.96. The van der Waals surface area contributed by atoms with Gasteiger partial charge in [0.25, 0.3) is 0 Å². The predicted molar refractivity (Wildman–Crippen MR) is 58.7 cm³/mol. The largest absolute Gasteiger partial charge is 0.493 e. The summed E-state index contributed by atoms with van der Waals surface area (Å²) in [5, 5.41) is 9.82. The van der Waals surface area contributed by atoms with E-state index in [1.165, 1.54) is 6.21 Å². The van der Waals surface area contributed by atoms with Gasteiger partial charge in [0.1, 0.15) is 12.0 Å². The van der Waals surface area contributed by atoms with Crippen molar-refractivity contribution in [2.45, 2.75) is 0 Å². The highest BCUT2D eigenvalue weighted by atomic mass is 16.3. The molecule has 0 unspecified atom stereocenters. The second-order valence-electron chi connectivity index (χ2n) is 3.05. The third kappa shape index (κ3) is 1.74. The summed E-state index contributed by atoms with van der Waals surface area (Å²) in [6, 6.07) is 9.53. The van der Waals surface area contributed by atoms with Crippen molar-refractivity contribution in [1.29, 1.82) is 0 Å². The highest BCUT2D eigenvalue weighted by Gasteiger charge is 2.07. The maximum atomic E-state index is 9.82. The number of hydrogen-bond donors (Lipinski definition) is 1. The van der Waals surface area contributed by atoms with Gasteiger partial charge >= 0.3 is 0 Å². The van der Waals surface area contributed by atoms with Crippen LogP contribution in [-0.4, -0.2) is 27.9 Å². The third-order valence-electron chi connectivity index (χ3n) is 2.06. The van der Waals surface area contributed by atoms with Gasteiger partial charge in [0.05, 0.1) is 11.9 Å². The topological polar surface area (TPSA) is 50.4 Å². The molecule has 1 aromatic heterocycles. The number of para-hydroxylation sites is 1. The quantitative estimate of drug-likeness (QED) is 0.751. The Morgan fingerprint density at radius 1 is 1.33 bits per heavy atom. The van der Waals surface area contributed by atoms with E-state index in [1.54, 1.807) is 17.9 Å². The Kier molecular flexibility index (Phi) is 2.49. The first kappa shape index (κ1) is 9.45. The lowest BCUT2D eigenvalue weighted by atomic mass is 10.3. The first-order valence-corrected chi connectivity index (χ1v) is 4.57. The minimum Gasteiger partial charge on any atom is -0.493 e. The molecule has 0 bridgehead atoms. The standard InChI is InChI=1S/C11H11N3O/c1-12-7-10-11(15)14(8-13-10)9-5-3-2-4-6-9/h2-8,15H,1H3. The van der Waals surface area contributed by atoms with Crippen molar-refractivity contribution in [3.63, 3.8) is 0 Å². The van der Waals surface area contributed by atoms with Crippen molar-refractivity contribution in [2.24, 2.45) is 4.99 Å². The molecule has 0 aliphatic rings. The Bertz CT molecular complexity index is 474. The molecule has 0 amide bonds. The fraction of sp³-hybridized carbons (Fsp3) is 0.0909. The molecule has 1 aromatic carbocycles. The minimum absolute atomic E-state index is 0.104. The van der Waals surface area contributed by atoms with Crippen LogP contribution in [0.5, 0.6) is 5.88 Å². The summed E-state index contributed by atoms with van der Waals surface area (Å²) in [4.78, 5) is 7.86. The fourth-order valence-corrected chi connectivity index (χ4v) is 1.35. The zero-order valence-electron chi connectivity index (χ0n) is 8.33. The summed E-state index contributed by atoms with van der Waals surface area (Å²) in [5.41, 5.74) is 1.35. The molecule has 15 heavy (non-hydrogen) atoms. The molecule has 1 heterocycles. The first-order valence-electron chi connectivity index (χ1n) is 4.57. The van der Waals surface area contributed by atoms with E-state index in [0.29, 0.717) is 5.69 Å². The van der Waals surface area contributed by atoms with Gasteiger partial charge in [0.15, 0.2) is 0 Å². The van der Waals surface area contributed by atoms with Crippen molar-refractivity contribution in [3.8, 4) is 11.6 Å². The van der Waals surface area contributed by atoms with Crippen LogP contribution < -0.4 is 0 Å². The van der Waals surface area contributed by atoms with E-state index >= 15 is 0 Å². The fourth-order valence-electron chi connectivity index (χ4n) is 1.35. The lowest BCUT2D eigenvalue weighted by Gasteiger charge is -2.02. The van der Waals surface area contributed by atoms with Gasteiger partial charge in [0.2, 0.25) is 5.88 Å². The zero-order valence-corrected chi connectivity index (χ0v) is 8.33. The summed E-state index contributed by atoms with van der Waals surface area (Å²) in [6.07, 6.45) is 3.09. The van der Waals surface area contributed by atoms with Crippen LogP contribution in [0.2, 0.25) is 0 Å². The van der Waals surface area contributed by atoms with Gasteiger partial charge in [-0.25, -0.2) is 4.98 Å². The smallest absolute Gasteiger partial charge is 0.225 e. The van der Waals surface area contributed by atoms with Crippen molar-refractivity contribution >= 4 is 6.21 Å². The van der Waals surface area contributed by atoms with Gasteiger partial charge in [-0.05, 0) is 12.1 Å². The monoisotopic (exact) mass is 201 g/mol. The molecule has 4 heteroatoms. The number of aromatic nitrogens is 2. The lowest BCUT2D eigenvalue weighted by molar-refractivity contribution is 0.442. The van der Waals surface area contributed by atoms with Crippen molar-refractivity contribution < 1.29 is 5.11 Å². The Labute approximate surface area is 87.5 Å². The molecule has 1 N–H and O–H groups in total. The number of imidazole rings is 1. The van der Waals surface area contributed by atoms with Gasteiger partial charge in [0, 0.05) is 7.05 Å².